The highest BCUT2D eigenvalue weighted by Crippen LogP contribution is 2.26. The van der Waals surface area contributed by atoms with Crippen LogP contribution in [0.15, 0.2) is 24.4 Å². The summed E-state index contributed by atoms with van der Waals surface area (Å²) >= 11 is 5.93. The summed E-state index contributed by atoms with van der Waals surface area (Å²) in [4.78, 5) is 22.6. The summed E-state index contributed by atoms with van der Waals surface area (Å²) < 4.78 is 1.51. The van der Waals surface area contributed by atoms with Crippen LogP contribution in [-0.2, 0) is 6.54 Å². The number of aryl methyl sites for hydroxylation is 2. The van der Waals surface area contributed by atoms with Crippen molar-refractivity contribution in [3.63, 3.8) is 0 Å². The van der Waals surface area contributed by atoms with Crippen molar-refractivity contribution in [2.45, 2.75) is 20.4 Å². The second-order valence-corrected chi connectivity index (χ2v) is 4.82. The monoisotopic (exact) mass is 308 g/mol. The minimum Gasteiger partial charge on any atom is -0.315 e. The number of nitro groups is 1. The first-order valence-electron chi connectivity index (χ1n) is 6.21. The molecule has 0 atom stereocenters. The molecule has 1 aromatic carbocycles. The molecule has 0 bridgehead atoms. The molecule has 0 spiro atoms. The summed E-state index contributed by atoms with van der Waals surface area (Å²) in [6.07, 6.45) is 1.53. The molecule has 110 valence electrons. The average molecular weight is 309 g/mol. The molecule has 1 amide bonds. The van der Waals surface area contributed by atoms with Gasteiger partial charge in [0.1, 0.15) is 5.69 Å². The summed E-state index contributed by atoms with van der Waals surface area (Å²) in [5.74, 6) is -0.584. The lowest BCUT2D eigenvalue weighted by Gasteiger charge is -2.05. The number of hydrogen-bond donors (Lipinski definition) is 1. The maximum atomic E-state index is 12.1. The molecule has 7 nitrogen and oxygen atoms in total. The molecule has 0 fully saturated rings. The Balaban J connectivity index is 2.31. The van der Waals surface area contributed by atoms with Gasteiger partial charge in [-0.05, 0) is 25.5 Å². The quantitative estimate of drug-likeness (QED) is 0.694. The number of rotatable bonds is 4. The fourth-order valence-corrected chi connectivity index (χ4v) is 2.03. The van der Waals surface area contributed by atoms with E-state index < -0.39 is 10.8 Å². The number of nitrogens with one attached hydrogen (secondary N) is 1. The van der Waals surface area contributed by atoms with Gasteiger partial charge in [0, 0.05) is 18.8 Å². The third kappa shape index (κ3) is 3.19. The number of amides is 1. The van der Waals surface area contributed by atoms with Crippen LogP contribution in [0.25, 0.3) is 0 Å². The fraction of sp³-hybridized carbons (Fsp3) is 0.231. The summed E-state index contributed by atoms with van der Waals surface area (Å²) in [6, 6.07) is 4.55. The lowest BCUT2D eigenvalue weighted by atomic mass is 10.2. The Kier molecular flexibility index (Phi) is 4.23. The minimum atomic E-state index is -0.584. The van der Waals surface area contributed by atoms with Crippen molar-refractivity contribution in [2.75, 3.05) is 5.32 Å². The third-order valence-electron chi connectivity index (χ3n) is 2.85. The molecule has 2 aromatic rings. The van der Waals surface area contributed by atoms with E-state index in [2.05, 4.69) is 10.4 Å². The highest BCUT2D eigenvalue weighted by Gasteiger charge is 2.20. The van der Waals surface area contributed by atoms with E-state index >= 15 is 0 Å². The fourth-order valence-electron chi connectivity index (χ4n) is 1.79. The number of aromatic nitrogens is 2. The third-order valence-corrected chi connectivity index (χ3v) is 3.13. The molecule has 1 aromatic heterocycles. The van der Waals surface area contributed by atoms with E-state index in [4.69, 9.17) is 11.6 Å². The van der Waals surface area contributed by atoms with Gasteiger partial charge in [0.2, 0.25) is 0 Å². The molecule has 2 rings (SSSR count). The van der Waals surface area contributed by atoms with Crippen LogP contribution in [-0.4, -0.2) is 20.6 Å². The molecule has 0 aliphatic heterocycles. The van der Waals surface area contributed by atoms with E-state index in [1.165, 1.54) is 23.0 Å². The average Bonchev–Trinajstić information content (AvgIpc) is 2.82. The summed E-state index contributed by atoms with van der Waals surface area (Å²) in [6.45, 7) is 4.16. The Bertz CT molecular complexity index is 711. The molecular weight excluding hydrogens is 296 g/mol. The van der Waals surface area contributed by atoms with Crippen LogP contribution < -0.4 is 5.32 Å². The van der Waals surface area contributed by atoms with Gasteiger partial charge in [-0.2, -0.15) is 5.10 Å². The van der Waals surface area contributed by atoms with Crippen LogP contribution >= 0.6 is 11.6 Å². The van der Waals surface area contributed by atoms with Gasteiger partial charge in [-0.3, -0.25) is 19.6 Å². The molecule has 0 unspecified atom stereocenters. The number of nitrogens with zero attached hydrogens (tertiary/aromatic N) is 3. The Morgan fingerprint density at radius 3 is 2.81 bits per heavy atom. The first-order chi connectivity index (χ1) is 9.92. The first kappa shape index (κ1) is 15.0. The Hall–Kier alpha value is -2.41. The number of carbonyl (C=O) groups excluding carboxylic acids is 1. The molecule has 0 saturated carbocycles. The maximum absolute atomic E-state index is 12.1. The lowest BCUT2D eigenvalue weighted by molar-refractivity contribution is -0.384. The van der Waals surface area contributed by atoms with Crippen molar-refractivity contribution in [3.8, 4) is 0 Å². The first-order valence-corrected chi connectivity index (χ1v) is 6.59. The highest BCUT2D eigenvalue weighted by atomic mass is 35.5. The van der Waals surface area contributed by atoms with Gasteiger partial charge in [0.05, 0.1) is 9.95 Å². The molecule has 0 aliphatic rings. The van der Waals surface area contributed by atoms with Crippen molar-refractivity contribution >= 4 is 28.9 Å². The molecule has 1 heterocycles. The number of benzene rings is 1. The summed E-state index contributed by atoms with van der Waals surface area (Å²) in [7, 11) is 0. The van der Waals surface area contributed by atoms with E-state index in [9.17, 15) is 14.9 Å². The number of halogens is 1. The standard InChI is InChI=1S/C13H13ClN4O3/c1-3-17-7-9(14)12(16-17)13(19)15-10-5-4-8(2)6-11(10)18(20)21/h4-7H,3H2,1-2H3,(H,15,19). The van der Waals surface area contributed by atoms with Gasteiger partial charge in [0.15, 0.2) is 5.69 Å². The van der Waals surface area contributed by atoms with Gasteiger partial charge >= 0.3 is 0 Å². The summed E-state index contributed by atoms with van der Waals surface area (Å²) in [5.41, 5.74) is 0.702. The van der Waals surface area contributed by atoms with Gasteiger partial charge < -0.3 is 5.32 Å². The van der Waals surface area contributed by atoms with E-state index in [-0.39, 0.29) is 22.1 Å². The van der Waals surface area contributed by atoms with E-state index in [0.717, 1.165) is 5.56 Å². The number of hydrogen-bond acceptors (Lipinski definition) is 4. The topological polar surface area (TPSA) is 90.1 Å². The SMILES string of the molecule is CCn1cc(Cl)c(C(=O)Nc2ccc(C)cc2[N+](=O)[O-])n1. The second-order valence-electron chi connectivity index (χ2n) is 4.41. The molecule has 0 aliphatic carbocycles. The van der Waals surface area contributed by atoms with Gasteiger partial charge in [-0.1, -0.05) is 17.7 Å². The lowest BCUT2D eigenvalue weighted by Crippen LogP contribution is -2.15. The molecule has 0 radical (unpaired) electrons. The van der Waals surface area contributed by atoms with Gasteiger partial charge in [-0.15, -0.1) is 0 Å². The van der Waals surface area contributed by atoms with E-state index in [0.29, 0.717) is 6.54 Å². The minimum absolute atomic E-state index is 0.0355. The maximum Gasteiger partial charge on any atom is 0.293 e. The zero-order chi connectivity index (χ0) is 15.6. The number of carbonyl (C=O) groups is 1. The van der Waals surface area contributed by atoms with Gasteiger partial charge in [0.25, 0.3) is 11.6 Å². The molecular formula is C13H13ClN4O3. The van der Waals surface area contributed by atoms with Crippen LogP contribution in [0.4, 0.5) is 11.4 Å². The summed E-state index contributed by atoms with van der Waals surface area (Å²) in [5, 5.41) is 17.7. The van der Waals surface area contributed by atoms with Crippen molar-refractivity contribution in [2.24, 2.45) is 0 Å². The second kappa shape index (κ2) is 5.92. The number of nitro benzene ring substituents is 1. The molecule has 21 heavy (non-hydrogen) atoms. The number of anilines is 1. The Morgan fingerprint density at radius 2 is 2.24 bits per heavy atom. The zero-order valence-electron chi connectivity index (χ0n) is 11.5. The van der Waals surface area contributed by atoms with Crippen LogP contribution in [0.2, 0.25) is 5.02 Å². The zero-order valence-corrected chi connectivity index (χ0v) is 12.2. The van der Waals surface area contributed by atoms with E-state index in [1.807, 2.05) is 6.92 Å². The Labute approximate surface area is 125 Å². The molecule has 8 heteroatoms. The van der Waals surface area contributed by atoms with Crippen molar-refractivity contribution in [1.29, 1.82) is 0 Å². The van der Waals surface area contributed by atoms with Crippen LogP contribution in [0.1, 0.15) is 23.0 Å². The van der Waals surface area contributed by atoms with Crippen LogP contribution in [0.3, 0.4) is 0 Å². The van der Waals surface area contributed by atoms with E-state index in [1.54, 1.807) is 13.0 Å². The normalized spacial score (nSPS) is 10.4. The predicted octanol–water partition coefficient (Wildman–Crippen LogP) is 3.03. The Morgan fingerprint density at radius 1 is 1.52 bits per heavy atom. The highest BCUT2D eigenvalue weighted by molar-refractivity contribution is 6.34. The largest absolute Gasteiger partial charge is 0.315 e. The van der Waals surface area contributed by atoms with Gasteiger partial charge in [-0.25, -0.2) is 0 Å². The van der Waals surface area contributed by atoms with Crippen LogP contribution in [0, 0.1) is 17.0 Å². The predicted molar refractivity (Wildman–Crippen MR) is 78.7 cm³/mol. The van der Waals surface area contributed by atoms with Crippen molar-refractivity contribution in [3.05, 3.63) is 50.8 Å². The molecule has 1 N–H and O–H groups in total. The van der Waals surface area contributed by atoms with Crippen molar-refractivity contribution < 1.29 is 9.72 Å². The molecule has 0 saturated heterocycles. The van der Waals surface area contributed by atoms with Crippen molar-refractivity contribution in [1.82, 2.24) is 9.78 Å². The van der Waals surface area contributed by atoms with Crippen LogP contribution in [0.5, 0.6) is 0 Å². The smallest absolute Gasteiger partial charge is 0.293 e.